The van der Waals surface area contributed by atoms with Crippen molar-refractivity contribution < 1.29 is 5.11 Å². The van der Waals surface area contributed by atoms with E-state index in [1.54, 1.807) is 6.07 Å². The summed E-state index contributed by atoms with van der Waals surface area (Å²) in [6.45, 7) is 4.24. The molecule has 0 saturated carbocycles. The highest BCUT2D eigenvalue weighted by Gasteiger charge is 2.09. The molecule has 0 aliphatic rings. The molecular weight excluding hydrogens is 289 g/mol. The van der Waals surface area contributed by atoms with Gasteiger partial charge in [-0.3, -0.25) is 0 Å². The first-order chi connectivity index (χ1) is 6.50. The minimum Gasteiger partial charge on any atom is -0.507 e. The number of rotatable bonds is 3. The molecule has 0 heterocycles. The summed E-state index contributed by atoms with van der Waals surface area (Å²) in [4.78, 5) is 0. The normalized spacial score (nSPS) is 13.2. The highest BCUT2D eigenvalue weighted by atomic mass is 127. The molecule has 0 amide bonds. The van der Waals surface area contributed by atoms with E-state index in [1.165, 1.54) is 5.56 Å². The van der Waals surface area contributed by atoms with Crippen LogP contribution in [0.1, 0.15) is 19.4 Å². The first-order valence-corrected chi connectivity index (χ1v) is 5.81. The van der Waals surface area contributed by atoms with Gasteiger partial charge in [0.25, 0.3) is 0 Å². The van der Waals surface area contributed by atoms with Crippen LogP contribution in [0.2, 0.25) is 0 Å². The standard InChI is InChI=1S/C11H16INO/c1-7(2)10(13)6-8-3-4-11(14)9(12)5-8/h3-5,7,10,14H,6,13H2,1-2H3. The highest BCUT2D eigenvalue weighted by Crippen LogP contribution is 2.21. The molecule has 0 fully saturated rings. The van der Waals surface area contributed by atoms with Crippen LogP contribution in [0.25, 0.3) is 0 Å². The molecule has 14 heavy (non-hydrogen) atoms. The first kappa shape index (κ1) is 11.8. The Bertz CT molecular complexity index is 312. The summed E-state index contributed by atoms with van der Waals surface area (Å²) in [5.41, 5.74) is 7.16. The fourth-order valence-corrected chi connectivity index (χ4v) is 1.77. The van der Waals surface area contributed by atoms with Gasteiger partial charge in [-0.1, -0.05) is 19.9 Å². The van der Waals surface area contributed by atoms with Crippen LogP contribution in [-0.2, 0) is 6.42 Å². The molecule has 1 atom stereocenters. The van der Waals surface area contributed by atoms with Crippen molar-refractivity contribution in [2.45, 2.75) is 26.3 Å². The van der Waals surface area contributed by atoms with Gasteiger partial charge in [0.05, 0.1) is 3.57 Å². The third kappa shape index (κ3) is 3.13. The van der Waals surface area contributed by atoms with E-state index in [-0.39, 0.29) is 6.04 Å². The molecule has 0 saturated heterocycles. The zero-order valence-electron chi connectivity index (χ0n) is 8.50. The van der Waals surface area contributed by atoms with E-state index >= 15 is 0 Å². The van der Waals surface area contributed by atoms with Crippen molar-refractivity contribution in [3.05, 3.63) is 27.3 Å². The topological polar surface area (TPSA) is 46.2 Å². The molecule has 0 spiro atoms. The Morgan fingerprint density at radius 1 is 1.43 bits per heavy atom. The number of hydrogen-bond donors (Lipinski definition) is 2. The van der Waals surface area contributed by atoms with Gasteiger partial charge in [-0.25, -0.2) is 0 Å². The largest absolute Gasteiger partial charge is 0.507 e. The van der Waals surface area contributed by atoms with Gasteiger partial charge in [-0.05, 0) is 52.6 Å². The number of phenols is 1. The molecule has 0 radical (unpaired) electrons. The Morgan fingerprint density at radius 3 is 2.57 bits per heavy atom. The van der Waals surface area contributed by atoms with E-state index in [1.807, 2.05) is 12.1 Å². The Kier molecular flexibility index (Phi) is 4.19. The van der Waals surface area contributed by atoms with Gasteiger partial charge in [0.2, 0.25) is 0 Å². The van der Waals surface area contributed by atoms with Gasteiger partial charge in [-0.15, -0.1) is 0 Å². The average molecular weight is 305 g/mol. The molecule has 3 N–H and O–H groups in total. The summed E-state index contributed by atoms with van der Waals surface area (Å²) in [5, 5.41) is 9.35. The van der Waals surface area contributed by atoms with Crippen LogP contribution in [-0.4, -0.2) is 11.1 Å². The lowest BCUT2D eigenvalue weighted by atomic mass is 9.97. The van der Waals surface area contributed by atoms with Gasteiger partial charge in [0.1, 0.15) is 5.75 Å². The Hall–Kier alpha value is -0.290. The first-order valence-electron chi connectivity index (χ1n) is 4.73. The molecule has 3 heteroatoms. The minimum atomic E-state index is 0.190. The lowest BCUT2D eigenvalue weighted by Gasteiger charge is -2.15. The van der Waals surface area contributed by atoms with Crippen LogP contribution in [0.15, 0.2) is 18.2 Å². The van der Waals surface area contributed by atoms with Gasteiger partial charge >= 0.3 is 0 Å². The van der Waals surface area contributed by atoms with Crippen molar-refractivity contribution in [1.82, 2.24) is 0 Å². The molecule has 1 unspecified atom stereocenters. The van der Waals surface area contributed by atoms with Gasteiger partial charge in [0.15, 0.2) is 0 Å². The summed E-state index contributed by atoms with van der Waals surface area (Å²) in [6.07, 6.45) is 0.869. The van der Waals surface area contributed by atoms with Crippen LogP contribution < -0.4 is 5.73 Å². The quantitative estimate of drug-likeness (QED) is 0.843. The van der Waals surface area contributed by atoms with Crippen LogP contribution >= 0.6 is 22.6 Å². The maximum atomic E-state index is 9.35. The van der Waals surface area contributed by atoms with Crippen LogP contribution in [0.3, 0.4) is 0 Å². The molecule has 0 aliphatic carbocycles. The monoisotopic (exact) mass is 305 g/mol. The number of hydrogen-bond acceptors (Lipinski definition) is 2. The van der Waals surface area contributed by atoms with E-state index in [0.29, 0.717) is 11.7 Å². The lowest BCUT2D eigenvalue weighted by molar-refractivity contribution is 0.469. The van der Waals surface area contributed by atoms with Crippen molar-refractivity contribution in [2.24, 2.45) is 11.7 Å². The lowest BCUT2D eigenvalue weighted by Crippen LogP contribution is -2.28. The summed E-state index contributed by atoms with van der Waals surface area (Å²) in [6, 6.07) is 5.83. The van der Waals surface area contributed by atoms with Gasteiger partial charge < -0.3 is 10.8 Å². The number of halogens is 1. The second-order valence-corrected chi connectivity index (χ2v) is 5.06. The van der Waals surface area contributed by atoms with Gasteiger partial charge in [-0.2, -0.15) is 0 Å². The Labute approximate surface area is 98.7 Å². The summed E-state index contributed by atoms with van der Waals surface area (Å²) >= 11 is 2.12. The summed E-state index contributed by atoms with van der Waals surface area (Å²) in [5.74, 6) is 0.828. The number of nitrogens with two attached hydrogens (primary N) is 1. The molecule has 1 rings (SSSR count). The summed E-state index contributed by atoms with van der Waals surface area (Å²) in [7, 11) is 0. The van der Waals surface area contributed by atoms with Crippen molar-refractivity contribution in [3.8, 4) is 5.75 Å². The molecule has 1 aromatic rings. The van der Waals surface area contributed by atoms with E-state index in [2.05, 4.69) is 36.4 Å². The van der Waals surface area contributed by atoms with Gasteiger partial charge in [0, 0.05) is 6.04 Å². The summed E-state index contributed by atoms with van der Waals surface area (Å²) < 4.78 is 0.885. The number of aromatic hydroxyl groups is 1. The van der Waals surface area contributed by atoms with Crippen LogP contribution in [0.4, 0.5) is 0 Å². The third-order valence-electron chi connectivity index (χ3n) is 2.34. The van der Waals surface area contributed by atoms with E-state index in [0.717, 1.165) is 9.99 Å². The number of benzene rings is 1. The second kappa shape index (κ2) is 4.98. The van der Waals surface area contributed by atoms with Crippen molar-refractivity contribution in [1.29, 1.82) is 0 Å². The van der Waals surface area contributed by atoms with Crippen molar-refractivity contribution >= 4 is 22.6 Å². The number of phenolic OH excluding ortho intramolecular Hbond substituents is 1. The molecule has 0 aliphatic heterocycles. The van der Waals surface area contributed by atoms with E-state index in [4.69, 9.17) is 5.73 Å². The van der Waals surface area contributed by atoms with E-state index < -0.39 is 0 Å². The SMILES string of the molecule is CC(C)C(N)Cc1ccc(O)c(I)c1. The zero-order valence-corrected chi connectivity index (χ0v) is 10.7. The highest BCUT2D eigenvalue weighted by molar-refractivity contribution is 14.1. The molecule has 78 valence electrons. The van der Waals surface area contributed by atoms with Crippen LogP contribution in [0.5, 0.6) is 5.75 Å². The Morgan fingerprint density at radius 2 is 2.07 bits per heavy atom. The second-order valence-electron chi connectivity index (χ2n) is 3.90. The maximum Gasteiger partial charge on any atom is 0.128 e. The molecule has 2 nitrogen and oxygen atoms in total. The molecule has 0 aromatic heterocycles. The smallest absolute Gasteiger partial charge is 0.128 e. The molecule has 1 aromatic carbocycles. The average Bonchev–Trinajstić information content (AvgIpc) is 2.11. The Balaban J connectivity index is 2.73. The van der Waals surface area contributed by atoms with Crippen LogP contribution in [0, 0.1) is 9.49 Å². The van der Waals surface area contributed by atoms with Crippen molar-refractivity contribution in [2.75, 3.05) is 0 Å². The fraction of sp³-hybridized carbons (Fsp3) is 0.455. The van der Waals surface area contributed by atoms with Crippen molar-refractivity contribution in [3.63, 3.8) is 0 Å². The van der Waals surface area contributed by atoms with E-state index in [9.17, 15) is 5.11 Å². The molecular formula is C11H16INO. The predicted octanol–water partition coefficient (Wildman–Crippen LogP) is 2.52. The minimum absolute atomic E-state index is 0.190. The molecule has 0 bridgehead atoms. The maximum absolute atomic E-state index is 9.35. The predicted molar refractivity (Wildman–Crippen MR) is 67.3 cm³/mol. The zero-order chi connectivity index (χ0) is 10.7. The third-order valence-corrected chi connectivity index (χ3v) is 3.20. The fourth-order valence-electron chi connectivity index (χ4n) is 1.19.